The minimum absolute atomic E-state index is 0.0499. The molecule has 7 atom stereocenters. The number of ether oxygens (including phenoxy) is 7. The fraction of sp³-hybridized carbons (Fsp3) is 0.766. The van der Waals surface area contributed by atoms with Gasteiger partial charge < -0.3 is 38.5 Å². The van der Waals surface area contributed by atoms with Gasteiger partial charge in [0.25, 0.3) is 0 Å². The predicted octanol–water partition coefficient (Wildman–Crippen LogP) is 12.3. The third kappa shape index (κ3) is 22.9. The molecular formula is C47H74Cl3NO10. The van der Waals surface area contributed by atoms with Crippen molar-refractivity contribution in [3.63, 3.8) is 0 Å². The Morgan fingerprint density at radius 1 is 0.803 bits per heavy atom. The molecule has 1 unspecified atom stereocenters. The van der Waals surface area contributed by atoms with E-state index in [1.807, 2.05) is 30.3 Å². The number of alkyl halides is 3. The van der Waals surface area contributed by atoms with E-state index in [1.54, 1.807) is 0 Å². The van der Waals surface area contributed by atoms with Gasteiger partial charge in [0, 0.05) is 12.0 Å². The number of fused-ring (bicyclic) bond motifs is 1. The van der Waals surface area contributed by atoms with Crippen molar-refractivity contribution in [2.24, 2.45) is 0 Å². The Hall–Kier alpha value is -2.12. The van der Waals surface area contributed by atoms with Crippen LogP contribution in [0.25, 0.3) is 0 Å². The minimum atomic E-state index is -1.86. The molecule has 3 rings (SSSR count). The van der Waals surface area contributed by atoms with Gasteiger partial charge >= 0.3 is 18.0 Å². The highest BCUT2D eigenvalue weighted by Crippen LogP contribution is 2.36. The number of carbonyl (C=O) groups excluding carboxylic acids is 3. The SMILES string of the molecule is C=CCO[C@H]1O[C@@H]2COC(c3ccccc3)O[C@H]2[C@H](OC(=O)C[C@@H](CCCCCCCCCCC)OC(=O)CCCCCCCCCCCCC)[C@H]1NC(=O)OCC(Cl)(Cl)Cl. The predicted molar refractivity (Wildman–Crippen MR) is 241 cm³/mol. The molecule has 14 heteroatoms. The van der Waals surface area contributed by atoms with E-state index >= 15 is 0 Å². The number of rotatable bonds is 32. The second kappa shape index (κ2) is 31.7. The maximum Gasteiger partial charge on any atom is 0.407 e. The van der Waals surface area contributed by atoms with Crippen LogP contribution in [0.5, 0.6) is 0 Å². The number of halogens is 3. The lowest BCUT2D eigenvalue weighted by atomic mass is 9.95. The zero-order chi connectivity index (χ0) is 44.1. The maximum absolute atomic E-state index is 14.1. The van der Waals surface area contributed by atoms with Crippen LogP contribution in [0.4, 0.5) is 4.79 Å². The number of alkyl carbamates (subject to hydrolysis) is 1. The molecule has 0 bridgehead atoms. The number of unbranched alkanes of at least 4 members (excludes halogenated alkanes) is 18. The van der Waals surface area contributed by atoms with Crippen molar-refractivity contribution < 1.29 is 47.5 Å². The van der Waals surface area contributed by atoms with Crippen LogP contribution in [0.3, 0.4) is 0 Å². The molecule has 2 saturated heterocycles. The summed E-state index contributed by atoms with van der Waals surface area (Å²) >= 11 is 17.6. The van der Waals surface area contributed by atoms with Gasteiger partial charge in [-0.25, -0.2) is 4.79 Å². The molecule has 2 fully saturated rings. The molecule has 0 aliphatic carbocycles. The van der Waals surface area contributed by atoms with Crippen molar-refractivity contribution in [2.75, 3.05) is 19.8 Å². The Labute approximate surface area is 380 Å². The van der Waals surface area contributed by atoms with Crippen LogP contribution in [0.1, 0.15) is 173 Å². The molecule has 348 valence electrons. The van der Waals surface area contributed by atoms with Crippen LogP contribution in [0.15, 0.2) is 43.0 Å². The lowest BCUT2D eigenvalue weighted by molar-refractivity contribution is -0.343. The maximum atomic E-state index is 14.1. The van der Waals surface area contributed by atoms with Gasteiger partial charge in [-0.15, -0.1) is 6.58 Å². The highest BCUT2D eigenvalue weighted by Gasteiger charge is 2.53. The molecule has 0 saturated carbocycles. The van der Waals surface area contributed by atoms with Gasteiger partial charge in [-0.1, -0.05) is 201 Å². The molecule has 1 N–H and O–H groups in total. The summed E-state index contributed by atoms with van der Waals surface area (Å²) in [7, 11) is 0. The lowest BCUT2D eigenvalue weighted by Gasteiger charge is -2.48. The number of carbonyl (C=O) groups is 3. The van der Waals surface area contributed by atoms with Crippen molar-refractivity contribution in [3.05, 3.63) is 48.6 Å². The first-order valence-electron chi connectivity index (χ1n) is 23.1. The van der Waals surface area contributed by atoms with E-state index in [1.165, 1.54) is 89.5 Å². The van der Waals surface area contributed by atoms with Crippen LogP contribution >= 0.6 is 34.8 Å². The van der Waals surface area contributed by atoms with Gasteiger partial charge in [-0.05, 0) is 19.3 Å². The van der Waals surface area contributed by atoms with Crippen LogP contribution in [0, 0.1) is 0 Å². The van der Waals surface area contributed by atoms with Crippen molar-refractivity contribution in [3.8, 4) is 0 Å². The topological polar surface area (TPSA) is 128 Å². The summed E-state index contributed by atoms with van der Waals surface area (Å²) in [6.07, 6.45) is 18.9. The molecule has 1 amide bonds. The zero-order valence-corrected chi connectivity index (χ0v) is 39.1. The number of hydrogen-bond donors (Lipinski definition) is 1. The van der Waals surface area contributed by atoms with Gasteiger partial charge in [0.05, 0.1) is 19.6 Å². The van der Waals surface area contributed by atoms with Crippen molar-refractivity contribution in [2.45, 2.75) is 208 Å². The van der Waals surface area contributed by atoms with E-state index in [0.717, 1.165) is 50.5 Å². The lowest BCUT2D eigenvalue weighted by Crippen LogP contribution is -2.68. The smallest absolute Gasteiger partial charge is 0.407 e. The van der Waals surface area contributed by atoms with Crippen LogP contribution in [-0.4, -0.2) is 78.4 Å². The first kappa shape index (κ1) is 53.2. The summed E-state index contributed by atoms with van der Waals surface area (Å²) in [4.78, 5) is 40.4. The zero-order valence-electron chi connectivity index (χ0n) is 36.8. The quantitative estimate of drug-likeness (QED) is 0.0245. The summed E-state index contributed by atoms with van der Waals surface area (Å²) < 4.78 is 40.2. The largest absolute Gasteiger partial charge is 0.462 e. The van der Waals surface area contributed by atoms with Gasteiger partial charge in [-0.3, -0.25) is 9.59 Å². The fourth-order valence-corrected chi connectivity index (χ4v) is 7.89. The third-order valence-corrected chi connectivity index (χ3v) is 11.3. The van der Waals surface area contributed by atoms with Crippen LogP contribution < -0.4 is 5.32 Å². The molecule has 1 aromatic rings. The molecule has 1 aromatic carbocycles. The summed E-state index contributed by atoms with van der Waals surface area (Å²) in [6.45, 7) is 7.77. The molecule has 2 heterocycles. The average Bonchev–Trinajstić information content (AvgIpc) is 3.24. The minimum Gasteiger partial charge on any atom is -0.462 e. The number of esters is 2. The van der Waals surface area contributed by atoms with Crippen molar-refractivity contribution >= 4 is 52.8 Å². The monoisotopic (exact) mass is 917 g/mol. The van der Waals surface area contributed by atoms with E-state index in [-0.39, 0.29) is 25.6 Å². The van der Waals surface area contributed by atoms with Crippen molar-refractivity contribution in [1.82, 2.24) is 5.32 Å². The summed E-state index contributed by atoms with van der Waals surface area (Å²) in [5, 5.41) is 2.70. The Kier molecular flexibility index (Phi) is 27.6. The molecule has 61 heavy (non-hydrogen) atoms. The van der Waals surface area contributed by atoms with Gasteiger partial charge in [0.15, 0.2) is 18.7 Å². The number of amides is 1. The molecule has 11 nitrogen and oxygen atoms in total. The van der Waals surface area contributed by atoms with Crippen LogP contribution in [-0.2, 0) is 42.7 Å². The number of hydrogen-bond acceptors (Lipinski definition) is 10. The Morgan fingerprint density at radius 2 is 1.38 bits per heavy atom. The van der Waals surface area contributed by atoms with E-state index in [0.29, 0.717) is 12.8 Å². The van der Waals surface area contributed by atoms with Crippen molar-refractivity contribution in [1.29, 1.82) is 0 Å². The molecule has 0 aromatic heterocycles. The average molecular weight is 919 g/mol. The number of nitrogens with one attached hydrogen (secondary N) is 1. The van der Waals surface area contributed by atoms with E-state index in [2.05, 4.69) is 25.7 Å². The van der Waals surface area contributed by atoms with Gasteiger partial charge in [0.2, 0.25) is 3.79 Å². The second-order valence-corrected chi connectivity index (χ2v) is 18.9. The normalized spacial score (nSPS) is 21.9. The Morgan fingerprint density at radius 3 is 1.95 bits per heavy atom. The fourth-order valence-electron chi connectivity index (χ4n) is 7.72. The highest BCUT2D eigenvalue weighted by atomic mass is 35.6. The van der Waals surface area contributed by atoms with Crippen LogP contribution in [0.2, 0.25) is 0 Å². The molecule has 2 aliphatic rings. The Balaban J connectivity index is 1.71. The number of benzene rings is 1. The van der Waals surface area contributed by atoms with E-state index in [4.69, 9.17) is 68.0 Å². The standard InChI is InChI=1S/C47H74Cl3NO10/c1-4-7-9-11-13-15-16-18-20-22-27-31-39(52)58-37(30-26-21-19-17-14-12-10-8-5-2)33-40(53)60-43-41(51-46(54)57-35-47(48,49)50)45(55-32-6-3)59-38-34-56-44(61-42(38)43)36-28-24-23-25-29-36/h6,23-25,28-29,37-38,41-45H,3-5,7-22,26-27,30-35H2,1-2H3,(H,51,54)/t37-,38-,41-,42-,43-,44?,45+/m1/s1. The van der Waals surface area contributed by atoms with Gasteiger partial charge in [0.1, 0.15) is 31.0 Å². The summed E-state index contributed by atoms with van der Waals surface area (Å²) in [5.74, 6) is -0.951. The molecule has 0 radical (unpaired) electrons. The first-order valence-corrected chi connectivity index (χ1v) is 24.3. The highest BCUT2D eigenvalue weighted by molar-refractivity contribution is 6.67. The summed E-state index contributed by atoms with van der Waals surface area (Å²) in [5.41, 5.74) is 0.744. The third-order valence-electron chi connectivity index (χ3n) is 11.0. The van der Waals surface area contributed by atoms with E-state index in [9.17, 15) is 14.4 Å². The first-order chi connectivity index (χ1) is 29.5. The molecule has 0 spiro atoms. The molecule has 2 aliphatic heterocycles. The summed E-state index contributed by atoms with van der Waals surface area (Å²) in [6, 6.07) is 8.18. The van der Waals surface area contributed by atoms with E-state index < -0.39 is 65.5 Å². The second-order valence-electron chi connectivity index (χ2n) is 16.4. The molecular weight excluding hydrogens is 845 g/mol. The Bertz CT molecular complexity index is 1350. The van der Waals surface area contributed by atoms with Gasteiger partial charge in [-0.2, -0.15) is 0 Å².